The zero-order chi connectivity index (χ0) is 20.6. The van der Waals surface area contributed by atoms with Crippen LogP contribution >= 0.6 is 11.8 Å². The van der Waals surface area contributed by atoms with Gasteiger partial charge in [0.25, 0.3) is 0 Å². The molecule has 150 valence electrons. The van der Waals surface area contributed by atoms with Crippen LogP contribution in [-0.2, 0) is 10.2 Å². The van der Waals surface area contributed by atoms with Gasteiger partial charge in [0.1, 0.15) is 0 Å². The molecule has 7 heteroatoms. The van der Waals surface area contributed by atoms with E-state index in [-0.39, 0.29) is 22.9 Å². The van der Waals surface area contributed by atoms with Gasteiger partial charge in [-0.05, 0) is 41.5 Å². The molecule has 1 aliphatic rings. The molecule has 0 atom stereocenters. The van der Waals surface area contributed by atoms with E-state index in [2.05, 4.69) is 24.6 Å². The molecule has 1 amide bonds. The van der Waals surface area contributed by atoms with Gasteiger partial charge in [0.05, 0.1) is 12.1 Å². The Hall–Kier alpha value is -2.51. The summed E-state index contributed by atoms with van der Waals surface area (Å²) >= 11 is 1.34. The van der Waals surface area contributed by atoms with Crippen LogP contribution in [0.1, 0.15) is 38.7 Å². The van der Waals surface area contributed by atoms with Gasteiger partial charge in [0.2, 0.25) is 5.91 Å². The van der Waals surface area contributed by atoms with Crippen molar-refractivity contribution in [2.75, 3.05) is 11.1 Å². The molecule has 28 heavy (non-hydrogen) atoms. The highest BCUT2D eigenvalue weighted by atomic mass is 32.2. The van der Waals surface area contributed by atoms with Crippen molar-refractivity contribution < 1.29 is 10.0 Å². The van der Waals surface area contributed by atoms with Crippen molar-refractivity contribution in [1.29, 1.82) is 5.41 Å². The van der Waals surface area contributed by atoms with E-state index in [4.69, 9.17) is 11.1 Å². The number of amidine groups is 1. The maximum atomic E-state index is 12.5. The van der Waals surface area contributed by atoms with Crippen molar-refractivity contribution in [2.24, 2.45) is 5.73 Å². The van der Waals surface area contributed by atoms with Gasteiger partial charge in [0.15, 0.2) is 5.17 Å². The van der Waals surface area contributed by atoms with Crippen LogP contribution in [0.5, 0.6) is 0 Å². The second kappa shape index (κ2) is 10.1. The molecule has 0 heterocycles. The van der Waals surface area contributed by atoms with Crippen LogP contribution in [-0.4, -0.2) is 22.0 Å². The summed E-state index contributed by atoms with van der Waals surface area (Å²) in [4.78, 5) is 12.5. The second-order valence-corrected chi connectivity index (χ2v) is 8.37. The molecule has 0 unspecified atom stereocenters. The standard InChI is InChI=1S/C21H28N4O2S/c1-21(2,11-12-28-20(22)23)16-8-6-9-17(14-16)24-19(26)13-15-7-4-3-5-10-18(15)25-27/h3-4,6-10,14,25,27H,5,11-13H2,1-2H3,(H3,22,23)(H,24,26). The lowest BCUT2D eigenvalue weighted by Crippen LogP contribution is -2.20. The molecule has 0 saturated heterocycles. The van der Waals surface area contributed by atoms with Gasteiger partial charge < -0.3 is 11.1 Å². The lowest BCUT2D eigenvalue weighted by Gasteiger charge is -2.25. The third kappa shape index (κ3) is 6.58. The summed E-state index contributed by atoms with van der Waals surface area (Å²) in [6.45, 7) is 4.28. The molecule has 6 nitrogen and oxygen atoms in total. The number of benzene rings is 1. The van der Waals surface area contributed by atoms with Crippen molar-refractivity contribution in [3.05, 3.63) is 65.4 Å². The number of carbonyl (C=O) groups excluding carboxylic acids is 1. The number of hydrogen-bond donors (Lipinski definition) is 5. The minimum atomic E-state index is -0.148. The highest BCUT2D eigenvalue weighted by molar-refractivity contribution is 8.13. The average molecular weight is 401 g/mol. The summed E-state index contributed by atoms with van der Waals surface area (Å²) in [7, 11) is 0. The molecule has 6 N–H and O–H groups in total. The van der Waals surface area contributed by atoms with Crippen LogP contribution in [0.2, 0.25) is 0 Å². The summed E-state index contributed by atoms with van der Waals surface area (Å²) in [5.41, 5.74) is 10.6. The fourth-order valence-corrected chi connectivity index (χ4v) is 3.73. The number of anilines is 1. The Kier molecular flexibility index (Phi) is 7.90. The number of nitrogens with one attached hydrogen (secondary N) is 3. The molecule has 0 aliphatic heterocycles. The normalized spacial score (nSPS) is 14.0. The van der Waals surface area contributed by atoms with Crippen LogP contribution in [0, 0.1) is 5.41 Å². The molecule has 2 rings (SSSR count). The highest BCUT2D eigenvalue weighted by Crippen LogP contribution is 2.30. The first-order valence-corrected chi connectivity index (χ1v) is 10.1. The zero-order valence-corrected chi connectivity index (χ0v) is 17.1. The van der Waals surface area contributed by atoms with E-state index in [1.165, 1.54) is 11.8 Å². The Morgan fingerprint density at radius 1 is 1.39 bits per heavy atom. The molecule has 0 fully saturated rings. The third-order valence-corrected chi connectivity index (χ3v) is 5.34. The van der Waals surface area contributed by atoms with Crippen molar-refractivity contribution >= 4 is 28.5 Å². The fraction of sp³-hybridized carbons (Fsp3) is 0.333. The first-order chi connectivity index (χ1) is 13.3. The Labute approximate surface area is 170 Å². The molecule has 1 aliphatic carbocycles. The van der Waals surface area contributed by atoms with Gasteiger partial charge in [-0.15, -0.1) is 0 Å². The van der Waals surface area contributed by atoms with E-state index >= 15 is 0 Å². The summed E-state index contributed by atoms with van der Waals surface area (Å²) in [6.07, 6.45) is 9.23. The number of thioether (sulfide) groups is 1. The third-order valence-electron chi connectivity index (χ3n) is 4.62. The molecular weight excluding hydrogens is 372 g/mol. The van der Waals surface area contributed by atoms with Crippen LogP contribution < -0.4 is 16.5 Å². The average Bonchev–Trinajstić information content (AvgIpc) is 2.86. The van der Waals surface area contributed by atoms with E-state index in [1.54, 1.807) is 0 Å². The number of nitrogens with two attached hydrogens (primary N) is 1. The number of hydroxylamine groups is 1. The predicted octanol–water partition coefficient (Wildman–Crippen LogP) is 4.06. The number of rotatable bonds is 8. The summed E-state index contributed by atoms with van der Waals surface area (Å²) in [5.74, 6) is 0.619. The molecule has 0 spiro atoms. The number of carbonyl (C=O) groups is 1. The minimum Gasteiger partial charge on any atom is -0.379 e. The van der Waals surface area contributed by atoms with Gasteiger partial charge in [0, 0.05) is 11.4 Å². The number of hydrogen-bond acceptors (Lipinski definition) is 5. The maximum Gasteiger partial charge on any atom is 0.228 e. The molecule has 0 aromatic heterocycles. The van der Waals surface area contributed by atoms with Crippen molar-refractivity contribution in [3.8, 4) is 0 Å². The van der Waals surface area contributed by atoms with Crippen molar-refractivity contribution in [3.63, 3.8) is 0 Å². The maximum absolute atomic E-state index is 12.5. The summed E-state index contributed by atoms with van der Waals surface area (Å²) in [5, 5.41) is 19.7. The fourth-order valence-electron chi connectivity index (χ4n) is 2.90. The quantitative estimate of drug-likeness (QED) is 0.257. The number of allylic oxidation sites excluding steroid dienone is 5. The lowest BCUT2D eigenvalue weighted by atomic mass is 9.82. The van der Waals surface area contributed by atoms with Crippen LogP contribution in [0.15, 0.2) is 59.8 Å². The molecule has 0 saturated carbocycles. The molecular formula is C21H28N4O2S. The Morgan fingerprint density at radius 2 is 2.18 bits per heavy atom. The van der Waals surface area contributed by atoms with E-state index in [9.17, 15) is 10.0 Å². The monoisotopic (exact) mass is 400 g/mol. The molecule has 1 aromatic rings. The van der Waals surface area contributed by atoms with Crippen LogP contribution in [0.4, 0.5) is 5.69 Å². The summed E-state index contributed by atoms with van der Waals surface area (Å²) in [6, 6.07) is 7.82. The van der Waals surface area contributed by atoms with E-state index in [1.807, 2.05) is 48.6 Å². The molecule has 0 bridgehead atoms. The van der Waals surface area contributed by atoms with Crippen molar-refractivity contribution in [1.82, 2.24) is 5.48 Å². The lowest BCUT2D eigenvalue weighted by molar-refractivity contribution is -0.115. The minimum absolute atomic E-state index is 0.103. The van der Waals surface area contributed by atoms with Crippen LogP contribution in [0.3, 0.4) is 0 Å². The zero-order valence-electron chi connectivity index (χ0n) is 16.3. The smallest absolute Gasteiger partial charge is 0.228 e. The first kappa shape index (κ1) is 21.8. The Morgan fingerprint density at radius 3 is 2.89 bits per heavy atom. The summed E-state index contributed by atoms with van der Waals surface area (Å²) < 4.78 is 0. The topological polar surface area (TPSA) is 111 Å². The Bertz CT molecular complexity index is 812. The van der Waals surface area contributed by atoms with E-state index in [0.717, 1.165) is 29.0 Å². The number of amides is 1. The predicted molar refractivity (Wildman–Crippen MR) is 117 cm³/mol. The van der Waals surface area contributed by atoms with Crippen LogP contribution in [0.25, 0.3) is 0 Å². The second-order valence-electron chi connectivity index (χ2n) is 7.24. The SMILES string of the molecule is CC(C)(CCSC(=N)N)c1cccc(NC(=O)CC2=CC=CCC=C2NO)c1. The van der Waals surface area contributed by atoms with Gasteiger partial charge in [-0.3, -0.25) is 20.9 Å². The first-order valence-electron chi connectivity index (χ1n) is 9.15. The Balaban J connectivity index is 2.03. The molecule has 1 aromatic carbocycles. The van der Waals surface area contributed by atoms with Gasteiger partial charge in [-0.2, -0.15) is 0 Å². The van der Waals surface area contributed by atoms with Gasteiger partial charge in [-0.1, -0.05) is 62.0 Å². The highest BCUT2D eigenvalue weighted by Gasteiger charge is 2.21. The largest absolute Gasteiger partial charge is 0.379 e. The van der Waals surface area contributed by atoms with E-state index < -0.39 is 0 Å². The van der Waals surface area contributed by atoms with E-state index in [0.29, 0.717) is 12.1 Å². The van der Waals surface area contributed by atoms with Gasteiger partial charge in [-0.25, -0.2) is 0 Å². The molecule has 0 radical (unpaired) electrons. The van der Waals surface area contributed by atoms with Crippen molar-refractivity contribution in [2.45, 2.75) is 38.5 Å². The van der Waals surface area contributed by atoms with Gasteiger partial charge >= 0.3 is 0 Å².